The average Bonchev–Trinajstić information content (AvgIpc) is 2.72. The summed E-state index contributed by atoms with van der Waals surface area (Å²) in [6.45, 7) is 3.83. The summed E-state index contributed by atoms with van der Waals surface area (Å²) >= 11 is 7.58. The van der Waals surface area contributed by atoms with Gasteiger partial charge in [-0.15, -0.1) is 0 Å². The summed E-state index contributed by atoms with van der Waals surface area (Å²) in [4.78, 5) is 21.8. The van der Waals surface area contributed by atoms with Gasteiger partial charge in [-0.25, -0.2) is 9.97 Å². The van der Waals surface area contributed by atoms with Crippen molar-refractivity contribution in [1.82, 2.24) is 9.97 Å². The van der Waals surface area contributed by atoms with E-state index >= 15 is 0 Å². The zero-order valence-corrected chi connectivity index (χ0v) is 18.1. The highest BCUT2D eigenvalue weighted by Gasteiger charge is 2.20. The molecule has 3 rings (SSSR count). The van der Waals surface area contributed by atoms with Gasteiger partial charge in [0.05, 0.1) is 23.1 Å². The Morgan fingerprint density at radius 2 is 1.93 bits per heavy atom. The van der Waals surface area contributed by atoms with E-state index in [1.54, 1.807) is 25.3 Å². The van der Waals surface area contributed by atoms with Crippen molar-refractivity contribution in [3.8, 4) is 17.0 Å². The van der Waals surface area contributed by atoms with Crippen LogP contribution in [-0.2, 0) is 4.79 Å². The lowest BCUT2D eigenvalue weighted by molar-refractivity contribution is -0.115. The largest absolute Gasteiger partial charge is 0.495 e. The van der Waals surface area contributed by atoms with Crippen LogP contribution in [-0.4, -0.2) is 28.2 Å². The first-order chi connectivity index (χ1) is 14.0. The Labute approximate surface area is 179 Å². The van der Waals surface area contributed by atoms with Crippen molar-refractivity contribution in [3.05, 3.63) is 65.4 Å². The monoisotopic (exact) mass is 427 g/mol. The molecule has 3 aromatic rings. The Morgan fingerprint density at radius 3 is 2.59 bits per heavy atom. The van der Waals surface area contributed by atoms with Gasteiger partial charge < -0.3 is 10.1 Å². The van der Waals surface area contributed by atoms with E-state index in [4.69, 9.17) is 16.3 Å². The van der Waals surface area contributed by atoms with Crippen LogP contribution in [0, 0.1) is 6.92 Å². The van der Waals surface area contributed by atoms with Crippen LogP contribution in [0.4, 0.5) is 5.69 Å². The number of methoxy groups -OCH3 is 1. The summed E-state index contributed by atoms with van der Waals surface area (Å²) in [5.74, 6) is 1.14. The van der Waals surface area contributed by atoms with Crippen molar-refractivity contribution in [2.45, 2.75) is 30.5 Å². The summed E-state index contributed by atoms with van der Waals surface area (Å²) in [6, 6.07) is 17.0. The molecule has 0 aliphatic rings. The number of hydrogen-bond donors (Lipinski definition) is 1. The molecule has 0 radical (unpaired) electrons. The van der Waals surface area contributed by atoms with Gasteiger partial charge in [0.2, 0.25) is 5.91 Å². The number of benzene rings is 2. The zero-order valence-electron chi connectivity index (χ0n) is 16.5. The predicted molar refractivity (Wildman–Crippen MR) is 119 cm³/mol. The van der Waals surface area contributed by atoms with E-state index in [0.717, 1.165) is 16.3 Å². The number of carbonyl (C=O) groups is 1. The fourth-order valence-corrected chi connectivity index (χ4v) is 4.04. The lowest BCUT2D eigenvalue weighted by Gasteiger charge is -2.15. The molecule has 0 spiro atoms. The van der Waals surface area contributed by atoms with Crippen LogP contribution in [0.2, 0.25) is 5.02 Å². The molecule has 1 unspecified atom stereocenters. The van der Waals surface area contributed by atoms with Gasteiger partial charge in [0.25, 0.3) is 0 Å². The van der Waals surface area contributed by atoms with Gasteiger partial charge in [-0.2, -0.15) is 0 Å². The number of hydrogen-bond acceptors (Lipinski definition) is 5. The first-order valence-electron chi connectivity index (χ1n) is 9.22. The molecule has 0 fully saturated rings. The van der Waals surface area contributed by atoms with Gasteiger partial charge in [0, 0.05) is 11.3 Å². The number of nitrogens with zero attached hydrogens (tertiary/aromatic N) is 2. The first kappa shape index (κ1) is 21.1. The van der Waals surface area contributed by atoms with Crippen LogP contribution in [0.3, 0.4) is 0 Å². The number of nitrogens with one attached hydrogen (secondary N) is 1. The van der Waals surface area contributed by atoms with Crippen molar-refractivity contribution < 1.29 is 9.53 Å². The van der Waals surface area contributed by atoms with E-state index in [1.165, 1.54) is 11.8 Å². The van der Waals surface area contributed by atoms with E-state index in [2.05, 4.69) is 15.3 Å². The maximum absolute atomic E-state index is 12.8. The molecule has 0 aliphatic heterocycles. The van der Waals surface area contributed by atoms with E-state index in [0.29, 0.717) is 28.7 Å². The maximum Gasteiger partial charge on any atom is 0.237 e. The van der Waals surface area contributed by atoms with Gasteiger partial charge in [0.15, 0.2) is 0 Å². The molecular weight excluding hydrogens is 406 g/mol. The fraction of sp³-hybridized carbons (Fsp3) is 0.227. The number of amides is 1. The molecule has 0 aliphatic carbocycles. The Kier molecular flexibility index (Phi) is 7.12. The smallest absolute Gasteiger partial charge is 0.237 e. The molecule has 29 heavy (non-hydrogen) atoms. The normalized spacial score (nSPS) is 11.7. The lowest BCUT2D eigenvalue weighted by Crippen LogP contribution is -2.24. The van der Waals surface area contributed by atoms with E-state index in [9.17, 15) is 4.79 Å². The van der Waals surface area contributed by atoms with Crippen LogP contribution in [0.5, 0.6) is 5.75 Å². The van der Waals surface area contributed by atoms with E-state index in [1.807, 2.05) is 50.2 Å². The molecule has 1 atom stereocenters. The minimum Gasteiger partial charge on any atom is -0.495 e. The quantitative estimate of drug-likeness (QED) is 0.391. The molecule has 0 bridgehead atoms. The standard InChI is InChI=1S/C22H22ClN3O2S/c1-4-20(22(27)26-16-10-11-19(28-3)17(23)12-16)29-21-13-18(24-14(2)25-21)15-8-6-5-7-9-15/h5-13,20H,4H2,1-3H3,(H,26,27). The van der Waals surface area contributed by atoms with Gasteiger partial charge in [-0.1, -0.05) is 60.6 Å². The fourth-order valence-electron chi connectivity index (χ4n) is 2.79. The highest BCUT2D eigenvalue weighted by molar-refractivity contribution is 8.00. The summed E-state index contributed by atoms with van der Waals surface area (Å²) in [7, 11) is 1.55. The topological polar surface area (TPSA) is 64.1 Å². The summed E-state index contributed by atoms with van der Waals surface area (Å²) < 4.78 is 5.15. The highest BCUT2D eigenvalue weighted by Crippen LogP contribution is 2.30. The second kappa shape index (κ2) is 9.76. The molecule has 0 saturated carbocycles. The van der Waals surface area contributed by atoms with Gasteiger partial charge in [0.1, 0.15) is 16.6 Å². The van der Waals surface area contributed by atoms with Crippen LogP contribution in [0.1, 0.15) is 19.2 Å². The molecule has 150 valence electrons. The Balaban J connectivity index is 1.76. The number of thioether (sulfide) groups is 1. The SMILES string of the molecule is CCC(Sc1cc(-c2ccccc2)nc(C)n1)C(=O)Nc1ccc(OC)c(Cl)c1. The number of halogens is 1. The Morgan fingerprint density at radius 1 is 1.17 bits per heavy atom. The molecule has 1 heterocycles. The van der Waals surface area contributed by atoms with Gasteiger partial charge in [-0.3, -0.25) is 4.79 Å². The molecule has 7 heteroatoms. The maximum atomic E-state index is 12.8. The second-order valence-electron chi connectivity index (χ2n) is 6.36. The minimum absolute atomic E-state index is 0.101. The van der Waals surface area contributed by atoms with Gasteiger partial charge in [-0.05, 0) is 37.6 Å². The Bertz CT molecular complexity index is 999. The molecule has 1 N–H and O–H groups in total. The number of anilines is 1. The number of aryl methyl sites for hydroxylation is 1. The van der Waals surface area contributed by atoms with Crippen molar-refractivity contribution in [2.24, 2.45) is 0 Å². The van der Waals surface area contributed by atoms with Crippen LogP contribution >= 0.6 is 23.4 Å². The molecule has 1 amide bonds. The summed E-state index contributed by atoms with van der Waals surface area (Å²) in [5.41, 5.74) is 2.49. The van der Waals surface area contributed by atoms with Crippen molar-refractivity contribution in [3.63, 3.8) is 0 Å². The third-order valence-electron chi connectivity index (χ3n) is 4.23. The first-order valence-corrected chi connectivity index (χ1v) is 10.5. The van der Waals surface area contributed by atoms with E-state index < -0.39 is 0 Å². The van der Waals surface area contributed by atoms with Crippen molar-refractivity contribution >= 4 is 35.0 Å². The number of aromatic nitrogens is 2. The third kappa shape index (κ3) is 5.49. The highest BCUT2D eigenvalue weighted by atomic mass is 35.5. The van der Waals surface area contributed by atoms with Crippen molar-refractivity contribution in [1.29, 1.82) is 0 Å². The number of carbonyl (C=O) groups excluding carboxylic acids is 1. The minimum atomic E-state index is -0.297. The third-order valence-corrected chi connectivity index (χ3v) is 5.81. The lowest BCUT2D eigenvalue weighted by atomic mass is 10.1. The van der Waals surface area contributed by atoms with E-state index in [-0.39, 0.29) is 11.2 Å². The molecule has 2 aromatic carbocycles. The van der Waals surface area contributed by atoms with Gasteiger partial charge >= 0.3 is 0 Å². The zero-order chi connectivity index (χ0) is 20.8. The van der Waals surface area contributed by atoms with Crippen LogP contribution in [0.15, 0.2) is 59.6 Å². The average molecular weight is 428 g/mol. The van der Waals surface area contributed by atoms with Crippen LogP contribution < -0.4 is 10.1 Å². The number of rotatable bonds is 7. The predicted octanol–water partition coefficient (Wildman–Crippen LogP) is 5.62. The summed E-state index contributed by atoms with van der Waals surface area (Å²) in [6.07, 6.45) is 0.657. The second-order valence-corrected chi connectivity index (χ2v) is 7.99. The molecule has 5 nitrogen and oxygen atoms in total. The molecule has 1 aromatic heterocycles. The van der Waals surface area contributed by atoms with Crippen molar-refractivity contribution in [2.75, 3.05) is 12.4 Å². The number of ether oxygens (including phenoxy) is 1. The summed E-state index contributed by atoms with van der Waals surface area (Å²) in [5, 5.41) is 3.84. The van der Waals surface area contributed by atoms with Crippen LogP contribution in [0.25, 0.3) is 11.3 Å². The Hall–Kier alpha value is -2.57. The molecular formula is C22H22ClN3O2S. The molecule has 0 saturated heterocycles.